The highest BCUT2D eigenvalue weighted by Crippen LogP contribution is 2.15. The van der Waals surface area contributed by atoms with Crippen molar-refractivity contribution in [3.8, 4) is 5.75 Å². The summed E-state index contributed by atoms with van der Waals surface area (Å²) in [4.78, 5) is 38.1. The molecule has 4 amide bonds. The number of carbonyl (C=O) groups excluding carboxylic acids is 3. The van der Waals surface area contributed by atoms with Crippen LogP contribution >= 0.6 is 0 Å². The molecule has 0 radical (unpaired) electrons. The van der Waals surface area contributed by atoms with Gasteiger partial charge in [0.1, 0.15) is 11.9 Å². The molecule has 0 bridgehead atoms. The third-order valence-corrected chi connectivity index (χ3v) is 3.43. The Morgan fingerprint density at radius 1 is 1.33 bits per heavy atom. The van der Waals surface area contributed by atoms with Crippen molar-refractivity contribution in [2.24, 2.45) is 0 Å². The normalized spacial score (nSPS) is 18.7. The van der Waals surface area contributed by atoms with Gasteiger partial charge in [-0.05, 0) is 18.2 Å². The quantitative estimate of drug-likeness (QED) is 0.887. The Balaban J connectivity index is 2.11. The van der Waals surface area contributed by atoms with Crippen LogP contribution in [0.25, 0.3) is 0 Å². The van der Waals surface area contributed by atoms with E-state index >= 15 is 0 Å². The van der Waals surface area contributed by atoms with Gasteiger partial charge < -0.3 is 15.0 Å². The minimum Gasteiger partial charge on any atom is -0.497 e. The first-order valence-electron chi connectivity index (χ1n) is 6.42. The summed E-state index contributed by atoms with van der Waals surface area (Å²) < 4.78 is 5.06. The summed E-state index contributed by atoms with van der Waals surface area (Å²) in [6.45, 7) is 0. The Bertz CT molecular complexity index is 587. The van der Waals surface area contributed by atoms with Gasteiger partial charge in [0.25, 0.3) is 5.91 Å². The van der Waals surface area contributed by atoms with Crippen LogP contribution in [-0.2, 0) is 4.79 Å². The Morgan fingerprint density at radius 3 is 2.71 bits per heavy atom. The third-order valence-electron chi connectivity index (χ3n) is 3.43. The molecule has 1 N–H and O–H groups in total. The molecular formula is C14H17N3O4. The number of hydrogen-bond acceptors (Lipinski definition) is 4. The topological polar surface area (TPSA) is 79.0 Å². The van der Waals surface area contributed by atoms with Crippen LogP contribution in [0.1, 0.15) is 16.8 Å². The van der Waals surface area contributed by atoms with Gasteiger partial charge in [-0.15, -0.1) is 0 Å². The molecule has 1 unspecified atom stereocenters. The number of methoxy groups -OCH3 is 1. The SMILES string of the molecule is COc1cccc(C(=O)NC2CC(=O)N(C)C(=O)N2C)c1. The zero-order chi connectivity index (χ0) is 15.6. The van der Waals surface area contributed by atoms with Crippen LogP contribution in [0, 0.1) is 0 Å². The van der Waals surface area contributed by atoms with Crippen LogP contribution in [0.5, 0.6) is 5.75 Å². The van der Waals surface area contributed by atoms with Crippen molar-refractivity contribution in [3.05, 3.63) is 29.8 Å². The zero-order valence-corrected chi connectivity index (χ0v) is 12.1. The van der Waals surface area contributed by atoms with E-state index in [1.165, 1.54) is 19.1 Å². The summed E-state index contributed by atoms with van der Waals surface area (Å²) in [6, 6.07) is 6.21. The summed E-state index contributed by atoms with van der Waals surface area (Å²) in [5.74, 6) is -0.128. The number of carbonyl (C=O) groups is 3. The first-order chi connectivity index (χ1) is 9.93. The van der Waals surface area contributed by atoms with E-state index in [4.69, 9.17) is 4.74 Å². The second kappa shape index (κ2) is 5.82. The van der Waals surface area contributed by atoms with Crippen molar-refractivity contribution in [2.75, 3.05) is 21.2 Å². The molecule has 0 aliphatic carbocycles. The van der Waals surface area contributed by atoms with Crippen molar-refractivity contribution in [2.45, 2.75) is 12.6 Å². The van der Waals surface area contributed by atoms with E-state index in [0.29, 0.717) is 11.3 Å². The molecule has 2 rings (SSSR count). The first-order valence-corrected chi connectivity index (χ1v) is 6.42. The number of benzene rings is 1. The summed E-state index contributed by atoms with van der Waals surface area (Å²) in [5, 5.41) is 2.68. The fraction of sp³-hybridized carbons (Fsp3) is 0.357. The summed E-state index contributed by atoms with van der Waals surface area (Å²) in [7, 11) is 4.47. The number of rotatable bonds is 3. The maximum Gasteiger partial charge on any atom is 0.327 e. The van der Waals surface area contributed by atoms with Gasteiger partial charge in [-0.1, -0.05) is 6.07 Å². The molecule has 0 spiro atoms. The molecule has 1 aromatic rings. The fourth-order valence-electron chi connectivity index (χ4n) is 2.06. The molecule has 1 aliphatic heterocycles. The molecule has 21 heavy (non-hydrogen) atoms. The zero-order valence-electron chi connectivity index (χ0n) is 12.1. The van der Waals surface area contributed by atoms with Gasteiger partial charge in [0.15, 0.2) is 0 Å². The van der Waals surface area contributed by atoms with Gasteiger partial charge in [0.2, 0.25) is 5.91 Å². The van der Waals surface area contributed by atoms with Gasteiger partial charge in [0.05, 0.1) is 13.5 Å². The number of nitrogens with one attached hydrogen (secondary N) is 1. The van der Waals surface area contributed by atoms with E-state index in [9.17, 15) is 14.4 Å². The van der Waals surface area contributed by atoms with Gasteiger partial charge in [-0.2, -0.15) is 0 Å². The molecule has 1 fully saturated rings. The minimum atomic E-state index is -0.653. The second-order valence-electron chi connectivity index (χ2n) is 4.77. The largest absolute Gasteiger partial charge is 0.497 e. The van der Waals surface area contributed by atoms with Crippen LogP contribution in [0.3, 0.4) is 0 Å². The van der Waals surface area contributed by atoms with Crippen molar-refractivity contribution >= 4 is 17.8 Å². The lowest BCUT2D eigenvalue weighted by Crippen LogP contribution is -2.59. The number of amides is 4. The van der Waals surface area contributed by atoms with Crippen LogP contribution < -0.4 is 10.1 Å². The van der Waals surface area contributed by atoms with E-state index in [1.807, 2.05) is 0 Å². The summed E-state index contributed by atoms with van der Waals surface area (Å²) in [5.41, 5.74) is 0.404. The molecule has 1 heterocycles. The van der Waals surface area contributed by atoms with E-state index in [2.05, 4.69) is 5.32 Å². The number of hydrogen-bond donors (Lipinski definition) is 1. The molecule has 0 aromatic heterocycles. The number of nitrogens with zero attached hydrogens (tertiary/aromatic N) is 2. The predicted molar refractivity (Wildman–Crippen MR) is 74.8 cm³/mol. The Labute approximate surface area is 122 Å². The van der Waals surface area contributed by atoms with Gasteiger partial charge >= 0.3 is 6.03 Å². The smallest absolute Gasteiger partial charge is 0.327 e. The molecule has 1 aromatic carbocycles. The average Bonchev–Trinajstić information content (AvgIpc) is 2.50. The molecule has 1 aliphatic rings. The lowest BCUT2D eigenvalue weighted by atomic mass is 10.1. The maximum atomic E-state index is 12.2. The lowest BCUT2D eigenvalue weighted by molar-refractivity contribution is -0.131. The van der Waals surface area contributed by atoms with Crippen LogP contribution in [-0.4, -0.2) is 55.0 Å². The summed E-state index contributed by atoms with van der Waals surface area (Å²) >= 11 is 0. The van der Waals surface area contributed by atoms with E-state index in [1.54, 1.807) is 31.3 Å². The first kappa shape index (κ1) is 14.8. The highest BCUT2D eigenvalue weighted by Gasteiger charge is 2.35. The molecule has 7 heteroatoms. The Hall–Kier alpha value is -2.57. The van der Waals surface area contributed by atoms with Crippen molar-refractivity contribution < 1.29 is 19.1 Å². The molecule has 1 saturated heterocycles. The molecule has 7 nitrogen and oxygen atoms in total. The van der Waals surface area contributed by atoms with Crippen LogP contribution in [0.2, 0.25) is 0 Å². The van der Waals surface area contributed by atoms with E-state index in [0.717, 1.165) is 4.90 Å². The predicted octanol–water partition coefficient (Wildman–Crippen LogP) is 0.665. The van der Waals surface area contributed by atoms with Crippen molar-refractivity contribution in [1.82, 2.24) is 15.1 Å². The van der Waals surface area contributed by atoms with Gasteiger partial charge in [0, 0.05) is 19.7 Å². The standard InChI is InChI=1S/C14H17N3O4/c1-16-11(8-12(18)17(2)14(16)20)15-13(19)9-5-4-6-10(7-9)21-3/h4-7,11H,8H2,1-3H3,(H,15,19). The van der Waals surface area contributed by atoms with Crippen LogP contribution in [0.15, 0.2) is 24.3 Å². The average molecular weight is 291 g/mol. The third kappa shape index (κ3) is 2.96. The number of urea groups is 1. The van der Waals surface area contributed by atoms with Crippen LogP contribution in [0.4, 0.5) is 4.79 Å². The number of ether oxygens (including phenoxy) is 1. The highest BCUT2D eigenvalue weighted by atomic mass is 16.5. The monoisotopic (exact) mass is 291 g/mol. The molecular weight excluding hydrogens is 274 g/mol. The highest BCUT2D eigenvalue weighted by molar-refractivity contribution is 5.99. The van der Waals surface area contributed by atoms with E-state index in [-0.39, 0.29) is 18.2 Å². The maximum absolute atomic E-state index is 12.2. The second-order valence-corrected chi connectivity index (χ2v) is 4.77. The van der Waals surface area contributed by atoms with Crippen molar-refractivity contribution in [1.29, 1.82) is 0 Å². The molecule has 1 atom stereocenters. The summed E-state index contributed by atoms with van der Waals surface area (Å²) in [6.07, 6.45) is -0.603. The van der Waals surface area contributed by atoms with Crippen molar-refractivity contribution in [3.63, 3.8) is 0 Å². The molecule has 112 valence electrons. The van der Waals surface area contributed by atoms with Gasteiger partial charge in [-0.3, -0.25) is 14.5 Å². The molecule has 0 saturated carbocycles. The minimum absolute atomic E-state index is 0.0500. The Kier molecular flexibility index (Phi) is 4.11. The number of imide groups is 1. The van der Waals surface area contributed by atoms with Gasteiger partial charge in [-0.25, -0.2) is 4.79 Å². The fourth-order valence-corrected chi connectivity index (χ4v) is 2.06. The Morgan fingerprint density at radius 2 is 2.05 bits per heavy atom. The lowest BCUT2D eigenvalue weighted by Gasteiger charge is -2.36. The van der Waals surface area contributed by atoms with E-state index < -0.39 is 12.2 Å².